The van der Waals surface area contributed by atoms with Crippen molar-refractivity contribution in [1.82, 2.24) is 10.3 Å². The van der Waals surface area contributed by atoms with Crippen LogP contribution < -0.4 is 15.8 Å². The molecule has 118 valence electrons. The molecule has 0 aliphatic heterocycles. The highest BCUT2D eigenvalue weighted by Gasteiger charge is 2.04. The first kappa shape index (κ1) is 19.7. The van der Waals surface area contributed by atoms with E-state index in [0.717, 1.165) is 11.1 Å². The number of hydrogen-bond acceptors (Lipinski definition) is 4. The third-order valence-corrected chi connectivity index (χ3v) is 2.37. The highest BCUT2D eigenvalue weighted by molar-refractivity contribution is 14.0. The third-order valence-electron chi connectivity index (χ3n) is 2.37. The van der Waals surface area contributed by atoms with Gasteiger partial charge in [-0.2, -0.15) is 0 Å². The summed E-state index contributed by atoms with van der Waals surface area (Å²) in [6.07, 6.45) is 1.68. The number of nitrogens with one attached hydrogen (secondary N) is 1. The van der Waals surface area contributed by atoms with E-state index in [1.807, 2.05) is 19.1 Å². The molecule has 7 heteroatoms. The van der Waals surface area contributed by atoms with Crippen molar-refractivity contribution in [1.29, 1.82) is 0 Å². The normalized spacial score (nSPS) is 10.7. The van der Waals surface area contributed by atoms with Crippen LogP contribution in [0.4, 0.5) is 0 Å². The lowest BCUT2D eigenvalue weighted by molar-refractivity contribution is 0.143. The molecule has 6 nitrogen and oxygen atoms in total. The Morgan fingerprint density at radius 1 is 1.48 bits per heavy atom. The van der Waals surface area contributed by atoms with Crippen LogP contribution in [0.2, 0.25) is 0 Å². The van der Waals surface area contributed by atoms with Crippen molar-refractivity contribution in [3.63, 3.8) is 0 Å². The molecule has 1 aromatic heterocycles. The van der Waals surface area contributed by atoms with E-state index in [2.05, 4.69) is 21.9 Å². The lowest BCUT2D eigenvalue weighted by Gasteiger charge is -2.09. The summed E-state index contributed by atoms with van der Waals surface area (Å²) in [6.45, 7) is 7.69. The van der Waals surface area contributed by atoms with Crippen LogP contribution in [0.5, 0.6) is 5.88 Å². The number of hydrogen-bond donors (Lipinski definition) is 2. The minimum atomic E-state index is 0. The van der Waals surface area contributed by atoms with Gasteiger partial charge in [-0.1, -0.05) is 18.2 Å². The molecule has 3 N–H and O–H groups in total. The van der Waals surface area contributed by atoms with E-state index >= 15 is 0 Å². The zero-order chi connectivity index (χ0) is 14.8. The second-order valence-electron chi connectivity index (χ2n) is 4.32. The van der Waals surface area contributed by atoms with Crippen molar-refractivity contribution >= 4 is 29.9 Å². The van der Waals surface area contributed by atoms with E-state index in [9.17, 15) is 0 Å². The Hall–Kier alpha value is -1.35. The first-order valence-corrected chi connectivity index (χ1v) is 6.37. The van der Waals surface area contributed by atoms with E-state index in [0.29, 0.717) is 38.1 Å². The average Bonchev–Trinajstić information content (AvgIpc) is 2.44. The second kappa shape index (κ2) is 11.3. The molecule has 0 unspecified atom stereocenters. The van der Waals surface area contributed by atoms with Crippen LogP contribution in [-0.2, 0) is 11.3 Å². The van der Waals surface area contributed by atoms with Gasteiger partial charge in [-0.3, -0.25) is 0 Å². The first-order chi connectivity index (χ1) is 9.63. The van der Waals surface area contributed by atoms with Crippen molar-refractivity contribution in [3.8, 4) is 5.88 Å². The number of guanidine groups is 1. The SMILES string of the molecule is C=C(C)CNC(N)=NCc1cccnc1OCCOC.I. The molecule has 1 heterocycles. The summed E-state index contributed by atoms with van der Waals surface area (Å²) in [5.41, 5.74) is 7.63. The molecule has 0 bridgehead atoms. The van der Waals surface area contributed by atoms with Gasteiger partial charge in [-0.25, -0.2) is 9.98 Å². The van der Waals surface area contributed by atoms with Crippen LogP contribution in [0.25, 0.3) is 0 Å². The number of pyridine rings is 1. The average molecular weight is 406 g/mol. The lowest BCUT2D eigenvalue weighted by atomic mass is 10.3. The van der Waals surface area contributed by atoms with Crippen LogP contribution in [0.3, 0.4) is 0 Å². The Labute approximate surface area is 142 Å². The van der Waals surface area contributed by atoms with E-state index < -0.39 is 0 Å². The molecule has 0 saturated heterocycles. The molecule has 21 heavy (non-hydrogen) atoms. The van der Waals surface area contributed by atoms with Crippen LogP contribution in [0.15, 0.2) is 35.5 Å². The van der Waals surface area contributed by atoms with Crippen molar-refractivity contribution in [2.45, 2.75) is 13.5 Å². The summed E-state index contributed by atoms with van der Waals surface area (Å²) in [5, 5.41) is 2.97. The molecular weight excluding hydrogens is 383 g/mol. The fourth-order valence-electron chi connectivity index (χ4n) is 1.36. The zero-order valence-corrected chi connectivity index (χ0v) is 14.8. The molecule has 0 fully saturated rings. The summed E-state index contributed by atoms with van der Waals surface area (Å²) < 4.78 is 10.5. The minimum absolute atomic E-state index is 0. The van der Waals surface area contributed by atoms with E-state index in [-0.39, 0.29) is 24.0 Å². The van der Waals surface area contributed by atoms with Crippen LogP contribution in [-0.4, -0.2) is 37.8 Å². The van der Waals surface area contributed by atoms with Crippen LogP contribution in [0.1, 0.15) is 12.5 Å². The van der Waals surface area contributed by atoms with Gasteiger partial charge in [0.2, 0.25) is 5.88 Å². The predicted molar refractivity (Wildman–Crippen MR) is 95.2 cm³/mol. The maximum absolute atomic E-state index is 5.76. The molecule has 0 amide bonds. The van der Waals surface area contributed by atoms with Crippen molar-refractivity contribution in [3.05, 3.63) is 36.0 Å². The molecule has 0 aromatic carbocycles. The topological polar surface area (TPSA) is 81.8 Å². The van der Waals surface area contributed by atoms with Gasteiger partial charge >= 0.3 is 0 Å². The molecule has 0 radical (unpaired) electrons. The maximum Gasteiger partial charge on any atom is 0.218 e. The Morgan fingerprint density at radius 3 is 2.90 bits per heavy atom. The third kappa shape index (κ3) is 8.51. The van der Waals surface area contributed by atoms with Crippen molar-refractivity contribution in [2.75, 3.05) is 26.9 Å². The Bertz CT molecular complexity index is 466. The summed E-state index contributed by atoms with van der Waals surface area (Å²) >= 11 is 0. The number of ether oxygens (including phenoxy) is 2. The molecule has 0 spiro atoms. The summed E-state index contributed by atoms with van der Waals surface area (Å²) in [7, 11) is 1.63. The molecule has 0 aliphatic rings. The fourth-order valence-corrected chi connectivity index (χ4v) is 1.36. The number of aromatic nitrogens is 1. The summed E-state index contributed by atoms with van der Waals surface area (Å²) in [5.74, 6) is 0.931. The number of nitrogens with zero attached hydrogens (tertiary/aromatic N) is 2. The molecular formula is C14H23IN4O2. The van der Waals surface area contributed by atoms with Gasteiger partial charge in [0, 0.05) is 25.4 Å². The van der Waals surface area contributed by atoms with Gasteiger partial charge < -0.3 is 20.5 Å². The minimum Gasteiger partial charge on any atom is -0.475 e. The largest absolute Gasteiger partial charge is 0.475 e. The van der Waals surface area contributed by atoms with Gasteiger partial charge in [0.05, 0.1) is 13.2 Å². The van der Waals surface area contributed by atoms with Gasteiger partial charge in [0.1, 0.15) is 6.61 Å². The predicted octanol–water partition coefficient (Wildman–Crippen LogP) is 1.71. The molecule has 0 aliphatic carbocycles. The quantitative estimate of drug-likeness (QED) is 0.226. The molecule has 1 aromatic rings. The Kier molecular flexibility index (Phi) is 10.6. The molecule has 0 atom stereocenters. The maximum atomic E-state index is 5.76. The van der Waals surface area contributed by atoms with Gasteiger partial charge in [0.25, 0.3) is 0 Å². The number of methoxy groups -OCH3 is 1. The Morgan fingerprint density at radius 2 is 2.24 bits per heavy atom. The molecule has 0 saturated carbocycles. The molecule has 1 rings (SSSR count). The number of halogens is 1. The highest BCUT2D eigenvalue weighted by Crippen LogP contribution is 2.15. The fraction of sp³-hybridized carbons (Fsp3) is 0.429. The smallest absolute Gasteiger partial charge is 0.218 e. The first-order valence-electron chi connectivity index (χ1n) is 6.37. The van der Waals surface area contributed by atoms with Crippen molar-refractivity contribution in [2.24, 2.45) is 10.7 Å². The van der Waals surface area contributed by atoms with E-state index in [4.69, 9.17) is 15.2 Å². The van der Waals surface area contributed by atoms with Gasteiger partial charge in [-0.15, -0.1) is 24.0 Å². The zero-order valence-electron chi connectivity index (χ0n) is 12.5. The summed E-state index contributed by atoms with van der Waals surface area (Å²) in [6, 6.07) is 3.75. The monoisotopic (exact) mass is 406 g/mol. The van der Waals surface area contributed by atoms with Gasteiger partial charge in [-0.05, 0) is 13.0 Å². The summed E-state index contributed by atoms with van der Waals surface area (Å²) in [4.78, 5) is 8.43. The standard InChI is InChI=1S/C14H22N4O2.HI/c1-11(2)9-17-14(15)18-10-12-5-4-6-16-13(12)20-8-7-19-3;/h4-6H,1,7-10H2,2-3H3,(H3,15,17,18);1H. The highest BCUT2D eigenvalue weighted by atomic mass is 127. The van der Waals surface area contributed by atoms with E-state index in [1.165, 1.54) is 0 Å². The van der Waals surface area contributed by atoms with Crippen LogP contribution in [0, 0.1) is 0 Å². The van der Waals surface area contributed by atoms with Gasteiger partial charge in [0.15, 0.2) is 5.96 Å². The number of nitrogens with two attached hydrogens (primary N) is 1. The number of rotatable bonds is 8. The Balaban J connectivity index is 0.00000400. The van der Waals surface area contributed by atoms with Crippen LogP contribution >= 0.6 is 24.0 Å². The van der Waals surface area contributed by atoms with Crippen molar-refractivity contribution < 1.29 is 9.47 Å². The second-order valence-corrected chi connectivity index (χ2v) is 4.32. The van der Waals surface area contributed by atoms with E-state index in [1.54, 1.807) is 13.3 Å². The number of aliphatic imine (C=N–C) groups is 1. The lowest BCUT2D eigenvalue weighted by Crippen LogP contribution is -2.32.